The highest BCUT2D eigenvalue weighted by Crippen LogP contribution is 2.38. The van der Waals surface area contributed by atoms with Crippen LogP contribution in [-0.4, -0.2) is 6.61 Å². The van der Waals surface area contributed by atoms with Gasteiger partial charge in [-0.2, -0.15) is 0 Å². The number of ether oxygens (including phenoxy) is 1. The van der Waals surface area contributed by atoms with Gasteiger partial charge in [0.05, 0.1) is 6.54 Å². The second-order valence-electron chi connectivity index (χ2n) is 7.70. The van der Waals surface area contributed by atoms with Crippen molar-refractivity contribution in [2.24, 2.45) is 0 Å². The van der Waals surface area contributed by atoms with Gasteiger partial charge in [-0.1, -0.05) is 45.2 Å². The highest BCUT2D eigenvalue weighted by Gasteiger charge is 2.19. The number of benzene rings is 1. The van der Waals surface area contributed by atoms with Gasteiger partial charge in [-0.05, 0) is 60.9 Å². The molecule has 142 valence electrons. The van der Waals surface area contributed by atoms with Crippen molar-refractivity contribution in [2.45, 2.75) is 77.9 Å². The van der Waals surface area contributed by atoms with Crippen LogP contribution in [0.5, 0.6) is 0 Å². The summed E-state index contributed by atoms with van der Waals surface area (Å²) in [4.78, 5) is 0. The fraction of sp³-hybridized carbons (Fsp3) is 0.565. The molecule has 1 heterocycles. The Labute approximate surface area is 158 Å². The Bertz CT molecular complexity index is 683. The first-order valence-electron chi connectivity index (χ1n) is 10.2. The van der Waals surface area contributed by atoms with Crippen LogP contribution in [0.1, 0.15) is 87.4 Å². The van der Waals surface area contributed by atoms with Crippen LogP contribution in [0.2, 0.25) is 0 Å². The first kappa shape index (κ1) is 19.0. The van der Waals surface area contributed by atoms with Crippen LogP contribution in [0.25, 0.3) is 0 Å². The minimum atomic E-state index is 0.549. The second-order valence-corrected chi connectivity index (χ2v) is 7.70. The van der Waals surface area contributed by atoms with E-state index in [9.17, 15) is 0 Å². The molecule has 0 spiro atoms. The molecule has 1 saturated carbocycles. The molecule has 0 amide bonds. The van der Waals surface area contributed by atoms with Crippen LogP contribution in [0.4, 0.5) is 5.69 Å². The van der Waals surface area contributed by atoms with Gasteiger partial charge in [-0.15, -0.1) is 0 Å². The van der Waals surface area contributed by atoms with E-state index in [0.717, 1.165) is 11.5 Å². The number of furan rings is 1. The summed E-state index contributed by atoms with van der Waals surface area (Å²) >= 11 is 0. The summed E-state index contributed by atoms with van der Waals surface area (Å²) in [6.45, 7) is 8.52. The van der Waals surface area contributed by atoms with Crippen LogP contribution in [-0.2, 0) is 17.9 Å². The predicted octanol–water partition coefficient (Wildman–Crippen LogP) is 6.60. The largest absolute Gasteiger partial charge is 0.462 e. The summed E-state index contributed by atoms with van der Waals surface area (Å²) in [5.74, 6) is 3.11. The molecule has 1 N–H and O–H groups in total. The molecule has 1 aromatic carbocycles. The fourth-order valence-electron chi connectivity index (χ4n) is 3.83. The molecule has 0 radical (unpaired) electrons. The lowest BCUT2D eigenvalue weighted by Crippen LogP contribution is -2.10. The molecular weight excluding hydrogens is 322 g/mol. The highest BCUT2D eigenvalue weighted by molar-refractivity contribution is 5.55. The van der Waals surface area contributed by atoms with Crippen molar-refractivity contribution < 1.29 is 9.15 Å². The maximum absolute atomic E-state index is 5.87. The van der Waals surface area contributed by atoms with Crippen molar-refractivity contribution in [3.63, 3.8) is 0 Å². The Morgan fingerprint density at radius 1 is 1.08 bits per heavy atom. The van der Waals surface area contributed by atoms with Crippen molar-refractivity contribution in [3.05, 3.63) is 53.0 Å². The lowest BCUT2D eigenvalue weighted by atomic mass is 9.82. The minimum absolute atomic E-state index is 0.549. The van der Waals surface area contributed by atoms with Crippen LogP contribution in [0, 0.1) is 0 Å². The van der Waals surface area contributed by atoms with Gasteiger partial charge < -0.3 is 14.5 Å². The third-order valence-corrected chi connectivity index (χ3v) is 5.41. The summed E-state index contributed by atoms with van der Waals surface area (Å²) in [6, 6.07) is 11.0. The number of rotatable bonds is 8. The third-order valence-electron chi connectivity index (χ3n) is 5.41. The van der Waals surface area contributed by atoms with Gasteiger partial charge in [0.1, 0.15) is 18.1 Å². The standard InChI is InChI=1S/C23H33NO2/c1-4-25-16-21-12-11-20(26-21)15-24-23-13-10-19(17(2)3)14-22(23)18-8-6-5-7-9-18/h10-14,17-18,24H,4-9,15-16H2,1-3H3. The van der Waals surface area contributed by atoms with E-state index in [2.05, 4.69) is 37.4 Å². The molecule has 0 aliphatic heterocycles. The first-order chi connectivity index (χ1) is 12.7. The Kier molecular flexibility index (Phi) is 6.79. The van der Waals surface area contributed by atoms with Crippen LogP contribution in [0.3, 0.4) is 0 Å². The van der Waals surface area contributed by atoms with Gasteiger partial charge >= 0.3 is 0 Å². The van der Waals surface area contributed by atoms with E-state index in [0.29, 0.717) is 31.6 Å². The average molecular weight is 356 g/mol. The predicted molar refractivity (Wildman–Crippen MR) is 108 cm³/mol. The summed E-state index contributed by atoms with van der Waals surface area (Å²) in [6.07, 6.45) is 6.73. The maximum atomic E-state index is 5.87. The fourth-order valence-corrected chi connectivity index (χ4v) is 3.83. The zero-order valence-corrected chi connectivity index (χ0v) is 16.5. The molecule has 1 aliphatic carbocycles. The van der Waals surface area contributed by atoms with Crippen molar-refractivity contribution >= 4 is 5.69 Å². The first-order valence-corrected chi connectivity index (χ1v) is 10.2. The van der Waals surface area contributed by atoms with Gasteiger partial charge in [0, 0.05) is 12.3 Å². The Morgan fingerprint density at radius 2 is 1.85 bits per heavy atom. The van der Waals surface area contributed by atoms with Gasteiger partial charge in [0.25, 0.3) is 0 Å². The van der Waals surface area contributed by atoms with Crippen molar-refractivity contribution in [3.8, 4) is 0 Å². The summed E-state index contributed by atoms with van der Waals surface area (Å²) in [5.41, 5.74) is 4.20. The molecule has 3 heteroatoms. The summed E-state index contributed by atoms with van der Waals surface area (Å²) in [5, 5.41) is 3.63. The number of anilines is 1. The van der Waals surface area contributed by atoms with Gasteiger partial charge in [-0.25, -0.2) is 0 Å². The normalized spacial score (nSPS) is 15.5. The van der Waals surface area contributed by atoms with Crippen molar-refractivity contribution in [1.29, 1.82) is 0 Å². The second kappa shape index (κ2) is 9.27. The number of nitrogens with one attached hydrogen (secondary N) is 1. The van der Waals surface area contributed by atoms with Gasteiger partial charge in [0.2, 0.25) is 0 Å². The molecule has 0 saturated heterocycles. The third kappa shape index (κ3) is 4.91. The summed E-state index contributed by atoms with van der Waals surface area (Å²) in [7, 11) is 0. The van der Waals surface area contributed by atoms with E-state index in [-0.39, 0.29) is 0 Å². The van der Waals surface area contributed by atoms with E-state index in [1.807, 2.05) is 19.1 Å². The topological polar surface area (TPSA) is 34.4 Å². The molecule has 3 nitrogen and oxygen atoms in total. The molecule has 0 bridgehead atoms. The number of hydrogen-bond donors (Lipinski definition) is 1. The van der Waals surface area contributed by atoms with Gasteiger partial charge in [0.15, 0.2) is 0 Å². The smallest absolute Gasteiger partial charge is 0.129 e. The monoisotopic (exact) mass is 355 g/mol. The average Bonchev–Trinajstić information content (AvgIpc) is 3.13. The Hall–Kier alpha value is -1.74. The summed E-state index contributed by atoms with van der Waals surface area (Å²) < 4.78 is 11.3. The highest BCUT2D eigenvalue weighted by atomic mass is 16.5. The van der Waals surface area contributed by atoms with E-state index in [4.69, 9.17) is 9.15 Å². The molecule has 1 aromatic heterocycles. The lowest BCUT2D eigenvalue weighted by molar-refractivity contribution is 0.117. The van der Waals surface area contributed by atoms with Crippen molar-refractivity contribution in [2.75, 3.05) is 11.9 Å². The molecule has 1 fully saturated rings. The van der Waals surface area contributed by atoms with Crippen molar-refractivity contribution in [1.82, 2.24) is 0 Å². The zero-order chi connectivity index (χ0) is 18.4. The quantitative estimate of drug-likeness (QED) is 0.579. The van der Waals surface area contributed by atoms with Crippen LogP contribution in [0.15, 0.2) is 34.7 Å². The lowest BCUT2D eigenvalue weighted by Gasteiger charge is -2.26. The Balaban J connectivity index is 1.72. The SMILES string of the molecule is CCOCc1ccc(CNc2ccc(C(C)C)cc2C2CCCCC2)o1. The van der Waals surface area contributed by atoms with Gasteiger partial charge in [-0.3, -0.25) is 0 Å². The van der Waals surface area contributed by atoms with E-state index < -0.39 is 0 Å². The molecule has 2 aromatic rings. The molecule has 26 heavy (non-hydrogen) atoms. The zero-order valence-electron chi connectivity index (χ0n) is 16.5. The van der Waals surface area contributed by atoms with E-state index in [1.54, 1.807) is 0 Å². The maximum Gasteiger partial charge on any atom is 0.129 e. The van der Waals surface area contributed by atoms with Crippen LogP contribution < -0.4 is 5.32 Å². The number of hydrogen-bond acceptors (Lipinski definition) is 3. The molecule has 0 atom stereocenters. The molecule has 0 unspecified atom stereocenters. The minimum Gasteiger partial charge on any atom is -0.462 e. The molecule has 1 aliphatic rings. The van der Waals surface area contributed by atoms with E-state index >= 15 is 0 Å². The molecular formula is C23H33NO2. The van der Waals surface area contributed by atoms with E-state index in [1.165, 1.54) is 48.9 Å². The Morgan fingerprint density at radius 3 is 2.58 bits per heavy atom. The van der Waals surface area contributed by atoms with Crippen LogP contribution >= 0.6 is 0 Å². The molecule has 3 rings (SSSR count).